The van der Waals surface area contributed by atoms with E-state index in [1.807, 2.05) is 30.3 Å². The molecule has 0 aliphatic heterocycles. The fourth-order valence-corrected chi connectivity index (χ4v) is 2.41. The van der Waals surface area contributed by atoms with Gasteiger partial charge in [-0.05, 0) is 29.5 Å². The maximum Gasteiger partial charge on any atom is 0.160 e. The number of benzene rings is 1. The van der Waals surface area contributed by atoms with Crippen LogP contribution in [0.3, 0.4) is 0 Å². The largest absolute Gasteiger partial charge is 0.359 e. The van der Waals surface area contributed by atoms with Gasteiger partial charge in [-0.1, -0.05) is 40.7 Å². The first-order chi connectivity index (χ1) is 8.66. The fourth-order valence-electron chi connectivity index (χ4n) is 2.13. The minimum Gasteiger partial charge on any atom is -0.359 e. The molecule has 1 aliphatic rings. The van der Waals surface area contributed by atoms with Crippen LogP contribution in [0.4, 0.5) is 5.69 Å². The maximum absolute atomic E-state index is 12.0. The number of Topliss-reactive ketones (excluding diaryl/α,β-unsaturated/α-hetero) is 1. The van der Waals surface area contributed by atoms with Crippen molar-refractivity contribution in [2.24, 2.45) is 0 Å². The minimum atomic E-state index is 0.236. The molecule has 0 spiro atoms. The Morgan fingerprint density at radius 3 is 2.67 bits per heavy atom. The average molecular weight is 306 g/mol. The van der Waals surface area contributed by atoms with Crippen molar-refractivity contribution < 1.29 is 4.79 Å². The van der Waals surface area contributed by atoms with Crippen molar-refractivity contribution in [3.05, 3.63) is 52.7 Å². The lowest BCUT2D eigenvalue weighted by Crippen LogP contribution is -2.16. The van der Waals surface area contributed by atoms with Crippen LogP contribution < -0.4 is 5.32 Å². The lowest BCUT2D eigenvalue weighted by atomic mass is 9.92. The van der Waals surface area contributed by atoms with Crippen LogP contribution in [0.2, 0.25) is 0 Å². The highest BCUT2D eigenvalue weighted by Gasteiger charge is 2.20. The van der Waals surface area contributed by atoms with Crippen molar-refractivity contribution >= 4 is 27.4 Å². The number of hydrogen-bond donors (Lipinski definition) is 1. The van der Waals surface area contributed by atoms with Crippen LogP contribution in [0.25, 0.3) is 0 Å². The van der Waals surface area contributed by atoms with Gasteiger partial charge < -0.3 is 5.32 Å². The maximum atomic E-state index is 12.0. The first-order valence-corrected chi connectivity index (χ1v) is 6.86. The van der Waals surface area contributed by atoms with E-state index in [1.165, 1.54) is 0 Å². The molecule has 0 saturated heterocycles. The predicted octanol–water partition coefficient (Wildman–Crippen LogP) is 4.40. The highest BCUT2D eigenvalue weighted by Crippen LogP contribution is 2.28. The molecule has 1 aromatic rings. The van der Waals surface area contributed by atoms with Crippen LogP contribution in [-0.4, -0.2) is 5.78 Å². The Labute approximate surface area is 116 Å². The Hall–Kier alpha value is -1.35. The molecule has 0 bridgehead atoms. The SMILES string of the molecule is C=C(Br)CC1=C(Nc2ccccc2)CCCC1=O. The number of anilines is 1. The molecule has 0 heterocycles. The second kappa shape index (κ2) is 6.01. The third kappa shape index (κ3) is 3.33. The van der Waals surface area contributed by atoms with E-state index in [4.69, 9.17) is 0 Å². The molecule has 0 saturated carbocycles. The fraction of sp³-hybridized carbons (Fsp3) is 0.267. The topological polar surface area (TPSA) is 29.1 Å². The summed E-state index contributed by atoms with van der Waals surface area (Å²) in [6.07, 6.45) is 3.10. The van der Waals surface area contributed by atoms with Gasteiger partial charge in [-0.15, -0.1) is 0 Å². The Morgan fingerprint density at radius 1 is 1.28 bits per heavy atom. The molecule has 2 nitrogen and oxygen atoms in total. The molecule has 1 aliphatic carbocycles. The van der Waals surface area contributed by atoms with Crippen molar-refractivity contribution in [1.82, 2.24) is 0 Å². The molecule has 1 N–H and O–H groups in total. The van der Waals surface area contributed by atoms with Gasteiger partial charge in [-0.2, -0.15) is 0 Å². The molecule has 0 atom stereocenters. The molecular formula is C15H16BrNO. The Bertz CT molecular complexity index is 490. The van der Waals surface area contributed by atoms with Crippen LogP contribution >= 0.6 is 15.9 Å². The van der Waals surface area contributed by atoms with Gasteiger partial charge in [-0.25, -0.2) is 0 Å². The number of para-hydroxylation sites is 1. The highest BCUT2D eigenvalue weighted by molar-refractivity contribution is 9.11. The molecule has 2 rings (SSSR count). The summed E-state index contributed by atoms with van der Waals surface area (Å²) < 4.78 is 0.847. The van der Waals surface area contributed by atoms with E-state index in [0.29, 0.717) is 12.8 Å². The van der Waals surface area contributed by atoms with E-state index >= 15 is 0 Å². The van der Waals surface area contributed by atoms with Crippen molar-refractivity contribution in [2.45, 2.75) is 25.7 Å². The summed E-state index contributed by atoms with van der Waals surface area (Å²) in [7, 11) is 0. The first-order valence-electron chi connectivity index (χ1n) is 6.07. The zero-order valence-corrected chi connectivity index (χ0v) is 11.8. The third-order valence-corrected chi connectivity index (χ3v) is 3.25. The zero-order valence-electron chi connectivity index (χ0n) is 10.2. The monoisotopic (exact) mass is 305 g/mol. The standard InChI is InChI=1S/C15H16BrNO/c1-11(16)10-13-14(8-5-9-15(13)18)17-12-6-3-2-4-7-12/h2-4,6-7,17H,1,5,8-10H2. The Balaban J connectivity index is 2.25. The number of carbonyl (C=O) groups is 1. The summed E-state index contributed by atoms with van der Waals surface area (Å²) in [4.78, 5) is 12.0. The summed E-state index contributed by atoms with van der Waals surface area (Å²) in [6.45, 7) is 3.83. The van der Waals surface area contributed by atoms with Crippen molar-refractivity contribution in [3.8, 4) is 0 Å². The number of carbonyl (C=O) groups excluding carboxylic acids is 1. The van der Waals surface area contributed by atoms with Gasteiger partial charge in [0.1, 0.15) is 0 Å². The molecular weight excluding hydrogens is 290 g/mol. The van der Waals surface area contributed by atoms with E-state index in [0.717, 1.165) is 34.3 Å². The number of allylic oxidation sites excluding steroid dienone is 3. The highest BCUT2D eigenvalue weighted by atomic mass is 79.9. The van der Waals surface area contributed by atoms with Crippen molar-refractivity contribution in [2.75, 3.05) is 5.32 Å². The molecule has 18 heavy (non-hydrogen) atoms. The van der Waals surface area contributed by atoms with Gasteiger partial charge in [0.05, 0.1) is 0 Å². The van der Waals surface area contributed by atoms with Gasteiger partial charge in [0.2, 0.25) is 0 Å². The van der Waals surface area contributed by atoms with Crippen molar-refractivity contribution in [3.63, 3.8) is 0 Å². The molecule has 94 valence electrons. The molecule has 0 amide bonds. The molecule has 0 radical (unpaired) electrons. The van der Waals surface area contributed by atoms with Gasteiger partial charge in [0.15, 0.2) is 5.78 Å². The van der Waals surface area contributed by atoms with E-state index in [2.05, 4.69) is 27.8 Å². The number of nitrogens with one attached hydrogen (secondary N) is 1. The summed E-state index contributed by atoms with van der Waals surface area (Å²) >= 11 is 3.34. The van der Waals surface area contributed by atoms with E-state index in [9.17, 15) is 4.79 Å². The quantitative estimate of drug-likeness (QED) is 0.893. The first kappa shape index (κ1) is 13.1. The minimum absolute atomic E-state index is 0.236. The Morgan fingerprint density at radius 2 is 2.00 bits per heavy atom. The Kier molecular flexibility index (Phi) is 4.37. The second-order valence-electron chi connectivity index (χ2n) is 4.42. The van der Waals surface area contributed by atoms with Crippen LogP contribution in [0.1, 0.15) is 25.7 Å². The lowest BCUT2D eigenvalue weighted by molar-refractivity contribution is -0.116. The summed E-state index contributed by atoms with van der Waals surface area (Å²) in [5.41, 5.74) is 2.94. The average Bonchev–Trinajstić information content (AvgIpc) is 2.34. The van der Waals surface area contributed by atoms with Gasteiger partial charge >= 0.3 is 0 Å². The molecule has 3 heteroatoms. The zero-order chi connectivity index (χ0) is 13.0. The van der Waals surface area contributed by atoms with Crippen LogP contribution in [-0.2, 0) is 4.79 Å². The van der Waals surface area contributed by atoms with Gasteiger partial charge in [-0.3, -0.25) is 4.79 Å². The molecule has 0 aromatic heterocycles. The van der Waals surface area contributed by atoms with Crippen LogP contribution in [0, 0.1) is 0 Å². The van der Waals surface area contributed by atoms with Crippen LogP contribution in [0.15, 0.2) is 52.7 Å². The van der Waals surface area contributed by atoms with E-state index < -0.39 is 0 Å². The number of ketones is 1. The summed E-state index contributed by atoms with van der Waals surface area (Å²) in [5, 5.41) is 3.36. The van der Waals surface area contributed by atoms with E-state index in [-0.39, 0.29) is 5.78 Å². The normalized spacial score (nSPS) is 15.7. The lowest BCUT2D eigenvalue weighted by Gasteiger charge is -2.20. The number of halogens is 1. The smallest absolute Gasteiger partial charge is 0.160 e. The van der Waals surface area contributed by atoms with Gasteiger partial charge in [0, 0.05) is 29.8 Å². The molecule has 1 aromatic carbocycles. The summed E-state index contributed by atoms with van der Waals surface area (Å²) in [6, 6.07) is 9.96. The second-order valence-corrected chi connectivity index (χ2v) is 5.54. The van der Waals surface area contributed by atoms with Gasteiger partial charge in [0.25, 0.3) is 0 Å². The predicted molar refractivity (Wildman–Crippen MR) is 78.6 cm³/mol. The third-order valence-electron chi connectivity index (χ3n) is 2.97. The van der Waals surface area contributed by atoms with Crippen molar-refractivity contribution in [1.29, 1.82) is 0 Å². The number of hydrogen-bond acceptors (Lipinski definition) is 2. The van der Waals surface area contributed by atoms with Crippen LogP contribution in [0.5, 0.6) is 0 Å². The van der Waals surface area contributed by atoms with E-state index in [1.54, 1.807) is 0 Å². The summed E-state index contributed by atoms with van der Waals surface area (Å²) in [5.74, 6) is 0.236. The molecule has 0 unspecified atom stereocenters. The molecule has 0 fully saturated rings. The number of rotatable bonds is 4.